The fraction of sp³-hybridized carbons (Fsp3) is 0.171. The molecule has 3 aliphatic rings. The molecule has 0 saturated carbocycles. The first-order valence-electron chi connectivity index (χ1n) is 14.3. The van der Waals surface area contributed by atoms with E-state index in [0.717, 1.165) is 0 Å². The van der Waals surface area contributed by atoms with Gasteiger partial charge in [0.1, 0.15) is 6.29 Å². The van der Waals surface area contributed by atoms with Gasteiger partial charge in [-0.1, -0.05) is 18.7 Å². The molecule has 2 saturated heterocycles. The molecular weight excluding hydrogens is 638 g/mol. The summed E-state index contributed by atoms with van der Waals surface area (Å²) < 4.78 is 10.0. The largest absolute Gasteiger partial charge is 0.504 e. The second kappa shape index (κ2) is 18.5. The molecule has 2 aromatic rings. The Morgan fingerprint density at radius 3 is 1.51 bits per heavy atom. The lowest BCUT2D eigenvalue weighted by atomic mass is 10.0. The summed E-state index contributed by atoms with van der Waals surface area (Å²) in [6.07, 6.45) is 9.26. The minimum absolute atomic E-state index is 0.0569. The van der Waals surface area contributed by atoms with E-state index >= 15 is 0 Å². The Balaban J connectivity index is 0.000000248. The van der Waals surface area contributed by atoms with E-state index in [1.807, 2.05) is 5.32 Å². The van der Waals surface area contributed by atoms with Crippen LogP contribution in [-0.2, 0) is 41.6 Å². The third-order valence-electron chi connectivity index (χ3n) is 6.47. The first-order valence-corrected chi connectivity index (χ1v) is 14.3. The number of aldehydes is 1. The van der Waals surface area contributed by atoms with Crippen molar-refractivity contribution in [3.8, 4) is 23.0 Å². The molecule has 256 valence electrons. The average molecular weight is 674 g/mol. The molecule has 0 atom stereocenters. The van der Waals surface area contributed by atoms with Crippen molar-refractivity contribution in [2.24, 2.45) is 0 Å². The van der Waals surface area contributed by atoms with Crippen LogP contribution in [0.2, 0.25) is 0 Å². The Morgan fingerprint density at radius 1 is 0.714 bits per heavy atom. The highest BCUT2D eigenvalue weighted by atomic mass is 16.5. The maximum absolute atomic E-state index is 11.5. The lowest BCUT2D eigenvalue weighted by Gasteiger charge is -2.09. The van der Waals surface area contributed by atoms with Gasteiger partial charge in [-0.05, 0) is 48.7 Å². The summed E-state index contributed by atoms with van der Waals surface area (Å²) in [5.74, 6) is -1.18. The molecule has 14 nitrogen and oxygen atoms in total. The van der Waals surface area contributed by atoms with E-state index in [9.17, 15) is 43.8 Å². The summed E-state index contributed by atoms with van der Waals surface area (Å²) in [7, 11) is 2.90. The van der Waals surface area contributed by atoms with Crippen LogP contribution in [0.3, 0.4) is 0 Å². The molecule has 5 rings (SSSR count). The second-order valence-electron chi connectivity index (χ2n) is 10.1. The van der Waals surface area contributed by atoms with Crippen LogP contribution in [0.15, 0.2) is 79.5 Å². The van der Waals surface area contributed by atoms with Gasteiger partial charge in [-0.3, -0.25) is 49.5 Å². The van der Waals surface area contributed by atoms with Gasteiger partial charge in [0.15, 0.2) is 23.0 Å². The lowest BCUT2D eigenvalue weighted by Crippen LogP contribution is -2.19. The van der Waals surface area contributed by atoms with Crippen LogP contribution in [0.5, 0.6) is 23.0 Å². The highest BCUT2D eigenvalue weighted by Gasteiger charge is 2.24. The van der Waals surface area contributed by atoms with Gasteiger partial charge in [-0.15, -0.1) is 13.2 Å². The fourth-order valence-corrected chi connectivity index (χ4v) is 4.17. The normalized spacial score (nSPS) is 15.1. The Kier molecular flexibility index (Phi) is 14.6. The van der Waals surface area contributed by atoms with Crippen LogP contribution in [0, 0.1) is 0 Å². The Bertz CT molecular complexity index is 1740. The molecule has 0 radical (unpaired) electrons. The maximum atomic E-state index is 11.5. The molecule has 49 heavy (non-hydrogen) atoms. The number of methoxy groups -OCH3 is 2. The number of allylic oxidation sites excluding steroid dienone is 2. The van der Waals surface area contributed by atoms with Crippen molar-refractivity contribution in [3.63, 3.8) is 0 Å². The number of nitrogens with one attached hydrogen (secondary N) is 3. The summed E-state index contributed by atoms with van der Waals surface area (Å²) in [4.78, 5) is 73.9. The van der Waals surface area contributed by atoms with Gasteiger partial charge in [0.2, 0.25) is 11.8 Å². The van der Waals surface area contributed by atoms with Crippen molar-refractivity contribution in [2.75, 3.05) is 14.2 Å². The SMILES string of the molecule is C=C1CC(=O)NC1=O.C=CCc1cc(/C=C2/CC(=O)NC2=O)cc(OC)c1O.C=CCc1cc(C=O)cc(OC)c1O.O=C1C=CC(=O)N1. The van der Waals surface area contributed by atoms with E-state index in [1.54, 1.807) is 36.4 Å². The Hall–Kier alpha value is -6.57. The highest BCUT2D eigenvalue weighted by Crippen LogP contribution is 2.33. The molecule has 0 spiro atoms. The predicted molar refractivity (Wildman–Crippen MR) is 177 cm³/mol. The number of hydrogen-bond donors (Lipinski definition) is 5. The molecule has 5 N–H and O–H groups in total. The third-order valence-corrected chi connectivity index (χ3v) is 6.47. The average Bonchev–Trinajstić information content (AvgIpc) is 3.70. The number of phenolic OH excluding ortho intramolecular Hbond substituents is 2. The van der Waals surface area contributed by atoms with Crippen molar-refractivity contribution in [1.29, 1.82) is 0 Å². The van der Waals surface area contributed by atoms with Gasteiger partial charge >= 0.3 is 0 Å². The maximum Gasteiger partial charge on any atom is 0.254 e. The molecule has 2 aromatic carbocycles. The molecule has 0 unspecified atom stereocenters. The smallest absolute Gasteiger partial charge is 0.254 e. The van der Waals surface area contributed by atoms with Crippen molar-refractivity contribution >= 4 is 47.8 Å². The molecule has 0 aromatic heterocycles. The molecule has 2 fully saturated rings. The number of imide groups is 3. The molecule has 0 aliphatic carbocycles. The van der Waals surface area contributed by atoms with Crippen LogP contribution in [-0.4, -0.2) is 66.2 Å². The van der Waals surface area contributed by atoms with Gasteiger partial charge in [-0.25, -0.2) is 0 Å². The number of hydrogen-bond acceptors (Lipinski definition) is 11. The predicted octanol–water partition coefficient (Wildman–Crippen LogP) is 2.29. The number of carbonyl (C=O) groups is 7. The van der Waals surface area contributed by atoms with Gasteiger partial charge in [0.05, 0.1) is 27.1 Å². The summed E-state index contributed by atoms with van der Waals surface area (Å²) in [5.41, 5.74) is 3.22. The van der Waals surface area contributed by atoms with Gasteiger partial charge in [0.25, 0.3) is 23.6 Å². The second-order valence-corrected chi connectivity index (χ2v) is 10.1. The van der Waals surface area contributed by atoms with Crippen LogP contribution < -0.4 is 25.4 Å². The Labute approximate surface area is 281 Å². The van der Waals surface area contributed by atoms with Crippen LogP contribution in [0.1, 0.15) is 39.9 Å². The number of benzene rings is 2. The van der Waals surface area contributed by atoms with Crippen molar-refractivity contribution < 1.29 is 53.2 Å². The number of carbonyl (C=O) groups excluding carboxylic acids is 7. The van der Waals surface area contributed by atoms with E-state index in [1.165, 1.54) is 32.4 Å². The molecule has 0 bridgehead atoms. The first kappa shape index (κ1) is 38.6. The molecule has 3 aliphatic heterocycles. The first-order chi connectivity index (χ1) is 23.3. The zero-order valence-electron chi connectivity index (χ0n) is 26.8. The third kappa shape index (κ3) is 11.6. The summed E-state index contributed by atoms with van der Waals surface area (Å²) >= 11 is 0. The van der Waals surface area contributed by atoms with E-state index in [-0.39, 0.29) is 59.8 Å². The van der Waals surface area contributed by atoms with Gasteiger partial charge in [0, 0.05) is 40.0 Å². The fourth-order valence-electron chi connectivity index (χ4n) is 4.17. The topological polar surface area (TPSA) is 214 Å². The minimum Gasteiger partial charge on any atom is -0.504 e. The number of amides is 6. The van der Waals surface area contributed by atoms with Gasteiger partial charge < -0.3 is 19.7 Å². The highest BCUT2D eigenvalue weighted by molar-refractivity contribution is 6.15. The van der Waals surface area contributed by atoms with Crippen molar-refractivity contribution in [2.45, 2.75) is 25.7 Å². The number of phenols is 2. The van der Waals surface area contributed by atoms with Crippen LogP contribution in [0.25, 0.3) is 6.08 Å². The standard InChI is InChI=1S/C15H15NO4.C11H12O3.C5H5NO2.C4H3NO2/c1-3-4-10-5-9(7-12(20-2)14(10)18)6-11-8-13(17)16-15(11)19;1-3-4-9-5-8(7-12)6-10(14-2)11(9)13;1-3-2-4(7)6-5(3)8;6-3-1-2-4(7)5-3/h3,5-7,18H,1,4,8H2,2H3,(H,16,17,19);3,5-7,13H,1,4H2,2H3;1-2H2,(H,6,7,8);1-2H,(H,5,6,7)/b11-6-;;;. The summed E-state index contributed by atoms with van der Waals surface area (Å²) in [6.45, 7) is 10.6. The van der Waals surface area contributed by atoms with E-state index in [2.05, 4.69) is 30.4 Å². The molecule has 3 heterocycles. The number of aromatic hydroxyl groups is 2. The quantitative estimate of drug-likeness (QED) is 0.119. The van der Waals surface area contributed by atoms with E-state index in [0.29, 0.717) is 64.0 Å². The summed E-state index contributed by atoms with van der Waals surface area (Å²) in [6, 6.07) is 6.47. The van der Waals surface area contributed by atoms with Crippen LogP contribution >= 0.6 is 0 Å². The molecule has 6 amide bonds. The van der Waals surface area contributed by atoms with E-state index < -0.39 is 0 Å². The monoisotopic (exact) mass is 673 g/mol. The van der Waals surface area contributed by atoms with Crippen molar-refractivity contribution in [1.82, 2.24) is 16.0 Å². The molecular formula is C35H35N3O11. The number of ether oxygens (including phenoxy) is 2. The van der Waals surface area contributed by atoms with E-state index in [4.69, 9.17) is 9.47 Å². The Morgan fingerprint density at radius 2 is 1.18 bits per heavy atom. The zero-order valence-corrected chi connectivity index (χ0v) is 26.8. The van der Waals surface area contributed by atoms with Crippen molar-refractivity contribution in [3.05, 3.63) is 102 Å². The number of rotatable bonds is 8. The van der Waals surface area contributed by atoms with Crippen LogP contribution in [0.4, 0.5) is 0 Å². The minimum atomic E-state index is -0.382. The van der Waals surface area contributed by atoms with Gasteiger partial charge in [-0.2, -0.15) is 0 Å². The summed E-state index contributed by atoms with van der Waals surface area (Å²) in [5, 5.41) is 26.0. The zero-order chi connectivity index (χ0) is 36.7. The lowest BCUT2D eigenvalue weighted by molar-refractivity contribution is -0.125. The molecule has 14 heteroatoms.